The highest BCUT2D eigenvalue weighted by Crippen LogP contribution is 2.45. The van der Waals surface area contributed by atoms with Crippen LogP contribution in [0.15, 0.2) is 48.8 Å². The molecule has 38 heavy (non-hydrogen) atoms. The van der Waals surface area contributed by atoms with Gasteiger partial charge in [-0.3, -0.25) is 14.7 Å². The van der Waals surface area contributed by atoms with Gasteiger partial charge in [0, 0.05) is 50.6 Å². The summed E-state index contributed by atoms with van der Waals surface area (Å²) in [5.41, 5.74) is 13.8. The Kier molecular flexibility index (Phi) is 8.26. The predicted octanol–water partition coefficient (Wildman–Crippen LogP) is 5.44. The molecule has 2 heterocycles. The summed E-state index contributed by atoms with van der Waals surface area (Å²) < 4.78 is 11.5. The number of rotatable bonds is 8. The number of nitrogen functional groups attached to an aromatic ring is 1. The molecule has 1 aromatic heterocycles. The van der Waals surface area contributed by atoms with E-state index in [4.69, 9.17) is 15.2 Å². The summed E-state index contributed by atoms with van der Waals surface area (Å²) in [4.78, 5) is 20.0. The highest BCUT2D eigenvalue weighted by molar-refractivity contribution is 5.80. The molecule has 1 aliphatic rings. The molecule has 0 spiro atoms. The topological polar surface area (TPSA) is 89.7 Å². The van der Waals surface area contributed by atoms with E-state index in [9.17, 15) is 4.79 Å². The molecule has 4 rings (SSSR count). The van der Waals surface area contributed by atoms with Gasteiger partial charge in [-0.1, -0.05) is 24.3 Å². The fraction of sp³-hybridized carbons (Fsp3) is 0.419. The number of benzene rings is 2. The van der Waals surface area contributed by atoms with E-state index in [2.05, 4.69) is 46.4 Å². The zero-order valence-corrected chi connectivity index (χ0v) is 23.4. The molecule has 3 N–H and O–H groups in total. The molecule has 7 heteroatoms. The number of hydrogen-bond donors (Lipinski definition) is 2. The fourth-order valence-corrected chi connectivity index (χ4v) is 5.39. The van der Waals surface area contributed by atoms with Gasteiger partial charge in [-0.2, -0.15) is 0 Å². The monoisotopic (exact) mass is 516 g/mol. The molecule has 1 atom stereocenters. The van der Waals surface area contributed by atoms with Crippen molar-refractivity contribution in [2.45, 2.75) is 53.6 Å². The number of aryl methyl sites for hydroxylation is 1. The van der Waals surface area contributed by atoms with Crippen LogP contribution in [0.4, 0.5) is 11.4 Å². The Hall–Kier alpha value is -3.58. The minimum absolute atomic E-state index is 0.225. The zero-order chi connectivity index (χ0) is 27.4. The lowest BCUT2D eigenvalue weighted by Crippen LogP contribution is -2.34. The number of anilines is 2. The second kappa shape index (κ2) is 11.4. The van der Waals surface area contributed by atoms with E-state index < -0.39 is 5.41 Å². The molecule has 0 radical (unpaired) electrons. The molecule has 0 fully saturated rings. The lowest BCUT2D eigenvalue weighted by Gasteiger charge is -2.35. The molecule has 0 aliphatic carbocycles. The molecular formula is C31H40N4O3. The van der Waals surface area contributed by atoms with Crippen LogP contribution in [0.3, 0.4) is 0 Å². The predicted molar refractivity (Wildman–Crippen MR) is 152 cm³/mol. The summed E-state index contributed by atoms with van der Waals surface area (Å²) in [6, 6.07) is 12.5. The van der Waals surface area contributed by atoms with Crippen LogP contribution in [0.5, 0.6) is 5.75 Å². The molecule has 7 nitrogen and oxygen atoms in total. The normalized spacial score (nSPS) is 14.7. The van der Waals surface area contributed by atoms with Crippen molar-refractivity contribution in [3.05, 3.63) is 82.2 Å². The van der Waals surface area contributed by atoms with E-state index in [1.54, 1.807) is 6.20 Å². The van der Waals surface area contributed by atoms with Crippen LogP contribution in [0, 0.1) is 19.3 Å². The smallest absolute Gasteiger partial charge is 0.312 e. The van der Waals surface area contributed by atoms with Gasteiger partial charge in [0.05, 0.1) is 23.4 Å². The Morgan fingerprint density at radius 2 is 2.03 bits per heavy atom. The van der Waals surface area contributed by atoms with Gasteiger partial charge >= 0.3 is 5.97 Å². The van der Waals surface area contributed by atoms with Gasteiger partial charge in [0.2, 0.25) is 0 Å². The third-order valence-corrected chi connectivity index (χ3v) is 7.68. The van der Waals surface area contributed by atoms with Crippen molar-refractivity contribution in [1.29, 1.82) is 0 Å². The number of esters is 1. The van der Waals surface area contributed by atoms with Crippen LogP contribution < -0.4 is 15.8 Å². The van der Waals surface area contributed by atoms with E-state index in [0.717, 1.165) is 53.3 Å². The fourth-order valence-electron chi connectivity index (χ4n) is 5.39. The van der Waals surface area contributed by atoms with Gasteiger partial charge in [-0.05, 0) is 74.6 Å². The Labute approximate surface area is 226 Å². The van der Waals surface area contributed by atoms with E-state index in [0.29, 0.717) is 18.9 Å². The van der Waals surface area contributed by atoms with Crippen molar-refractivity contribution in [1.82, 2.24) is 9.88 Å². The largest absolute Gasteiger partial charge is 0.492 e. The first-order chi connectivity index (χ1) is 18.2. The van der Waals surface area contributed by atoms with Gasteiger partial charge in [0.25, 0.3) is 0 Å². The summed E-state index contributed by atoms with van der Waals surface area (Å²) >= 11 is 0. The van der Waals surface area contributed by atoms with E-state index in [1.165, 1.54) is 11.1 Å². The molecule has 0 amide bonds. The summed E-state index contributed by atoms with van der Waals surface area (Å²) in [6.45, 7) is 13.3. The number of carbonyl (C=O) groups excluding carboxylic acids is 1. The summed E-state index contributed by atoms with van der Waals surface area (Å²) in [7, 11) is 1.86. The standard InChI is InChI=1S/C31H40N4O3/c1-7-37-30(36)31(4,5)28(25-10-11-26(33-6)29(32)21(25)3)22-9-8-20(2)23(16-22)18-35-14-15-38-27-12-13-34-17-24(27)19-35/h8-13,16-17,28,33H,7,14-15,18-19,32H2,1-6H3. The van der Waals surface area contributed by atoms with Crippen molar-refractivity contribution >= 4 is 17.3 Å². The molecule has 2 aromatic carbocycles. The minimum Gasteiger partial charge on any atom is -0.492 e. The quantitative estimate of drug-likeness (QED) is 0.304. The van der Waals surface area contributed by atoms with Crippen LogP contribution in [-0.2, 0) is 22.6 Å². The van der Waals surface area contributed by atoms with Gasteiger partial charge in [-0.15, -0.1) is 0 Å². The maximum atomic E-state index is 13.3. The van der Waals surface area contributed by atoms with Gasteiger partial charge < -0.3 is 20.5 Å². The SMILES string of the molecule is CCOC(=O)C(C)(C)C(c1ccc(C)c(CN2CCOc3ccncc3C2)c1)c1ccc(NC)c(N)c1C. The number of pyridine rings is 1. The number of nitrogens with two attached hydrogens (primary N) is 1. The third-order valence-electron chi connectivity index (χ3n) is 7.68. The highest BCUT2D eigenvalue weighted by atomic mass is 16.5. The van der Waals surface area contributed by atoms with E-state index in [1.807, 2.05) is 53.1 Å². The third kappa shape index (κ3) is 5.48. The molecule has 0 saturated carbocycles. The molecule has 0 saturated heterocycles. The van der Waals surface area contributed by atoms with Crippen molar-refractivity contribution in [3.8, 4) is 5.75 Å². The first kappa shape index (κ1) is 27.5. The Morgan fingerprint density at radius 3 is 2.76 bits per heavy atom. The summed E-state index contributed by atoms with van der Waals surface area (Å²) in [6.07, 6.45) is 3.65. The Balaban J connectivity index is 1.76. The molecule has 0 bridgehead atoms. The minimum atomic E-state index is -0.818. The van der Waals surface area contributed by atoms with Crippen LogP contribution >= 0.6 is 0 Å². The van der Waals surface area contributed by atoms with E-state index in [-0.39, 0.29) is 11.9 Å². The number of ether oxygens (including phenoxy) is 2. The van der Waals surface area contributed by atoms with Crippen LogP contribution in [-0.4, -0.2) is 42.7 Å². The molecule has 202 valence electrons. The first-order valence-corrected chi connectivity index (χ1v) is 13.3. The molecule has 1 aliphatic heterocycles. The van der Waals surface area contributed by atoms with Crippen molar-refractivity contribution in [3.63, 3.8) is 0 Å². The number of fused-ring (bicyclic) bond motifs is 1. The van der Waals surface area contributed by atoms with Gasteiger partial charge in [0.15, 0.2) is 0 Å². The number of carbonyl (C=O) groups is 1. The van der Waals surface area contributed by atoms with Gasteiger partial charge in [-0.25, -0.2) is 0 Å². The number of nitrogens with zero attached hydrogens (tertiary/aromatic N) is 2. The maximum Gasteiger partial charge on any atom is 0.312 e. The number of hydrogen-bond acceptors (Lipinski definition) is 7. The average molecular weight is 517 g/mol. The number of aromatic nitrogens is 1. The lowest BCUT2D eigenvalue weighted by molar-refractivity contribution is -0.154. The maximum absolute atomic E-state index is 13.3. The average Bonchev–Trinajstić information content (AvgIpc) is 3.10. The molecule has 3 aromatic rings. The van der Waals surface area contributed by atoms with Crippen molar-refractivity contribution in [2.75, 3.05) is 37.9 Å². The van der Waals surface area contributed by atoms with Crippen molar-refractivity contribution in [2.24, 2.45) is 5.41 Å². The van der Waals surface area contributed by atoms with Crippen LogP contribution in [0.25, 0.3) is 0 Å². The summed E-state index contributed by atoms with van der Waals surface area (Å²) in [5.74, 6) is 0.436. The molecular weight excluding hydrogens is 476 g/mol. The highest BCUT2D eigenvalue weighted by Gasteiger charge is 2.41. The zero-order valence-electron chi connectivity index (χ0n) is 23.4. The second-order valence-electron chi connectivity index (χ2n) is 10.6. The van der Waals surface area contributed by atoms with Gasteiger partial charge in [0.1, 0.15) is 12.4 Å². The van der Waals surface area contributed by atoms with Crippen LogP contribution in [0.1, 0.15) is 60.1 Å². The van der Waals surface area contributed by atoms with Crippen LogP contribution in [0.2, 0.25) is 0 Å². The Bertz CT molecular complexity index is 1300. The van der Waals surface area contributed by atoms with Crippen molar-refractivity contribution < 1.29 is 14.3 Å². The first-order valence-electron chi connectivity index (χ1n) is 13.3. The van der Waals surface area contributed by atoms with E-state index >= 15 is 0 Å². The summed E-state index contributed by atoms with van der Waals surface area (Å²) in [5, 5.41) is 3.16. The second-order valence-corrected chi connectivity index (χ2v) is 10.6. The lowest BCUT2D eigenvalue weighted by atomic mass is 9.69. The number of nitrogens with one attached hydrogen (secondary N) is 1. The Morgan fingerprint density at radius 1 is 1.24 bits per heavy atom. The molecule has 1 unspecified atom stereocenters.